The van der Waals surface area contributed by atoms with E-state index in [1.165, 1.54) is 19.3 Å². The van der Waals surface area contributed by atoms with Crippen LogP contribution in [0.5, 0.6) is 0 Å². The van der Waals surface area contributed by atoms with Crippen LogP contribution in [0.1, 0.15) is 26.2 Å². The zero-order valence-electron chi connectivity index (χ0n) is 11.2. The summed E-state index contributed by atoms with van der Waals surface area (Å²) in [6.45, 7) is 8.31. The van der Waals surface area contributed by atoms with Crippen LogP contribution in [0.3, 0.4) is 0 Å². The van der Waals surface area contributed by atoms with Gasteiger partial charge in [-0.1, -0.05) is 6.92 Å². The molecule has 1 amide bonds. The molecule has 3 fully saturated rings. The van der Waals surface area contributed by atoms with Gasteiger partial charge >= 0.3 is 0 Å². The van der Waals surface area contributed by atoms with Crippen LogP contribution in [0.4, 0.5) is 0 Å². The van der Waals surface area contributed by atoms with Crippen molar-refractivity contribution >= 4 is 18.3 Å². The van der Waals surface area contributed by atoms with Crippen LogP contribution in [0.25, 0.3) is 0 Å². The van der Waals surface area contributed by atoms with Gasteiger partial charge in [0.25, 0.3) is 0 Å². The van der Waals surface area contributed by atoms with E-state index in [0.29, 0.717) is 23.9 Å². The van der Waals surface area contributed by atoms with E-state index in [0.717, 1.165) is 32.7 Å². The first-order valence-corrected chi connectivity index (χ1v) is 6.89. The minimum absolute atomic E-state index is 0. The van der Waals surface area contributed by atoms with Crippen LogP contribution in [-0.4, -0.2) is 61.0 Å². The Hall–Kier alpha value is -0.320. The Bertz CT molecular complexity index is 313. The topological polar surface area (TPSA) is 35.6 Å². The Morgan fingerprint density at radius 1 is 1.39 bits per heavy atom. The van der Waals surface area contributed by atoms with E-state index in [2.05, 4.69) is 22.0 Å². The Labute approximate surface area is 115 Å². The van der Waals surface area contributed by atoms with Gasteiger partial charge in [-0.3, -0.25) is 9.69 Å². The number of rotatable bonds is 3. The lowest BCUT2D eigenvalue weighted by Crippen LogP contribution is -2.53. The Morgan fingerprint density at radius 2 is 2.17 bits per heavy atom. The average molecular weight is 274 g/mol. The van der Waals surface area contributed by atoms with Crippen molar-refractivity contribution in [2.75, 3.05) is 39.3 Å². The van der Waals surface area contributed by atoms with Gasteiger partial charge in [0, 0.05) is 32.2 Å². The number of carbonyl (C=O) groups excluding carboxylic acids is 1. The van der Waals surface area contributed by atoms with Crippen molar-refractivity contribution in [3.8, 4) is 0 Å². The molecule has 4 nitrogen and oxygen atoms in total. The summed E-state index contributed by atoms with van der Waals surface area (Å²) in [4.78, 5) is 16.5. The SMILES string of the molecule is CC1(CN2CCN(C3CC3)C(=O)C2)CCNC1.Cl. The molecule has 1 saturated carbocycles. The van der Waals surface area contributed by atoms with Crippen molar-refractivity contribution in [1.82, 2.24) is 15.1 Å². The maximum Gasteiger partial charge on any atom is 0.237 e. The molecule has 0 radical (unpaired) electrons. The molecule has 3 aliphatic rings. The van der Waals surface area contributed by atoms with Gasteiger partial charge in [0.1, 0.15) is 0 Å². The fourth-order valence-corrected chi connectivity index (χ4v) is 3.19. The highest BCUT2D eigenvalue weighted by atomic mass is 35.5. The van der Waals surface area contributed by atoms with E-state index in [1.54, 1.807) is 0 Å². The monoisotopic (exact) mass is 273 g/mol. The summed E-state index contributed by atoms with van der Waals surface area (Å²) in [5.41, 5.74) is 0.377. The number of nitrogens with one attached hydrogen (secondary N) is 1. The fourth-order valence-electron chi connectivity index (χ4n) is 3.19. The minimum Gasteiger partial charge on any atom is -0.337 e. The minimum atomic E-state index is 0. The fraction of sp³-hybridized carbons (Fsp3) is 0.923. The molecule has 1 unspecified atom stereocenters. The van der Waals surface area contributed by atoms with E-state index >= 15 is 0 Å². The van der Waals surface area contributed by atoms with Crippen LogP contribution in [0, 0.1) is 5.41 Å². The summed E-state index contributed by atoms with van der Waals surface area (Å²) in [5.74, 6) is 0.355. The molecule has 18 heavy (non-hydrogen) atoms. The summed E-state index contributed by atoms with van der Waals surface area (Å²) >= 11 is 0. The second-order valence-electron chi connectivity index (χ2n) is 6.27. The number of piperazine rings is 1. The Morgan fingerprint density at radius 3 is 2.72 bits per heavy atom. The van der Waals surface area contributed by atoms with E-state index in [4.69, 9.17) is 0 Å². The highest BCUT2D eigenvalue weighted by molar-refractivity contribution is 5.85. The summed E-state index contributed by atoms with van der Waals surface area (Å²) in [7, 11) is 0. The molecule has 104 valence electrons. The normalized spacial score (nSPS) is 33.6. The average Bonchev–Trinajstić information content (AvgIpc) is 3.02. The maximum absolute atomic E-state index is 12.0. The summed E-state index contributed by atoms with van der Waals surface area (Å²) in [6, 6.07) is 0.591. The smallest absolute Gasteiger partial charge is 0.237 e. The van der Waals surface area contributed by atoms with E-state index in [-0.39, 0.29) is 12.4 Å². The Kier molecular flexibility index (Phi) is 4.19. The first kappa shape index (κ1) is 14.1. The molecule has 1 N–H and O–H groups in total. The summed E-state index contributed by atoms with van der Waals surface area (Å²) in [6.07, 6.45) is 3.70. The molecule has 0 bridgehead atoms. The Balaban J connectivity index is 0.00000120. The third-order valence-corrected chi connectivity index (χ3v) is 4.39. The summed E-state index contributed by atoms with van der Waals surface area (Å²) < 4.78 is 0. The van der Waals surface area contributed by atoms with E-state index < -0.39 is 0 Å². The molecule has 0 spiro atoms. The second kappa shape index (κ2) is 5.35. The quantitative estimate of drug-likeness (QED) is 0.823. The van der Waals surface area contributed by atoms with Crippen LogP contribution in [-0.2, 0) is 4.79 Å². The first-order chi connectivity index (χ1) is 8.16. The standard InChI is InChI=1S/C13H23N3O.ClH/c1-13(4-5-14-9-13)10-15-6-7-16(11-2-3-11)12(17)8-15;/h11,14H,2-10H2,1H3;1H. The van der Waals surface area contributed by atoms with Gasteiger partial charge in [-0.05, 0) is 31.2 Å². The summed E-state index contributed by atoms with van der Waals surface area (Å²) in [5, 5.41) is 3.43. The molecule has 1 atom stereocenters. The molecule has 0 aromatic rings. The highest BCUT2D eigenvalue weighted by Crippen LogP contribution is 2.30. The number of amides is 1. The van der Waals surface area contributed by atoms with E-state index in [9.17, 15) is 4.79 Å². The van der Waals surface area contributed by atoms with Crippen molar-refractivity contribution in [1.29, 1.82) is 0 Å². The van der Waals surface area contributed by atoms with Gasteiger partial charge in [0.2, 0.25) is 5.91 Å². The van der Waals surface area contributed by atoms with Crippen LogP contribution in [0.15, 0.2) is 0 Å². The molecule has 0 aromatic heterocycles. The van der Waals surface area contributed by atoms with Gasteiger partial charge in [-0.2, -0.15) is 0 Å². The van der Waals surface area contributed by atoms with E-state index in [1.807, 2.05) is 0 Å². The van der Waals surface area contributed by atoms with Gasteiger partial charge in [0.05, 0.1) is 6.54 Å². The van der Waals surface area contributed by atoms with Crippen LogP contribution >= 0.6 is 12.4 Å². The number of hydrogen-bond donors (Lipinski definition) is 1. The lowest BCUT2D eigenvalue weighted by atomic mass is 9.89. The maximum atomic E-state index is 12.0. The molecule has 5 heteroatoms. The van der Waals surface area contributed by atoms with Gasteiger partial charge in [-0.25, -0.2) is 0 Å². The largest absolute Gasteiger partial charge is 0.337 e. The lowest BCUT2D eigenvalue weighted by molar-refractivity contribution is -0.137. The predicted molar refractivity (Wildman–Crippen MR) is 74.0 cm³/mol. The van der Waals surface area contributed by atoms with Gasteiger partial charge in [-0.15, -0.1) is 12.4 Å². The van der Waals surface area contributed by atoms with Crippen molar-refractivity contribution in [2.45, 2.75) is 32.2 Å². The molecule has 1 aliphatic carbocycles. The second-order valence-corrected chi connectivity index (χ2v) is 6.27. The van der Waals surface area contributed by atoms with Gasteiger partial charge < -0.3 is 10.2 Å². The highest BCUT2D eigenvalue weighted by Gasteiger charge is 2.38. The predicted octanol–water partition coefficient (Wildman–Crippen LogP) is 0.714. The van der Waals surface area contributed by atoms with Crippen LogP contribution in [0.2, 0.25) is 0 Å². The third kappa shape index (κ3) is 2.98. The van der Waals surface area contributed by atoms with Crippen LogP contribution < -0.4 is 5.32 Å². The molecular formula is C13H24ClN3O. The number of hydrogen-bond acceptors (Lipinski definition) is 3. The molecule has 3 rings (SSSR count). The molecule has 2 aliphatic heterocycles. The van der Waals surface area contributed by atoms with Crippen molar-refractivity contribution in [2.24, 2.45) is 5.41 Å². The van der Waals surface area contributed by atoms with Crippen molar-refractivity contribution in [3.05, 3.63) is 0 Å². The number of halogens is 1. The van der Waals surface area contributed by atoms with Crippen molar-refractivity contribution < 1.29 is 4.79 Å². The zero-order valence-corrected chi connectivity index (χ0v) is 12.0. The zero-order chi connectivity index (χ0) is 11.9. The third-order valence-electron chi connectivity index (χ3n) is 4.39. The molecule has 2 saturated heterocycles. The molecular weight excluding hydrogens is 250 g/mol. The number of nitrogens with zero attached hydrogens (tertiary/aromatic N) is 2. The number of carbonyl (C=O) groups is 1. The van der Waals surface area contributed by atoms with Gasteiger partial charge in [0.15, 0.2) is 0 Å². The molecule has 0 aromatic carbocycles. The first-order valence-electron chi connectivity index (χ1n) is 6.89. The molecule has 2 heterocycles. The lowest BCUT2D eigenvalue weighted by Gasteiger charge is -2.38. The van der Waals surface area contributed by atoms with Crippen molar-refractivity contribution in [3.63, 3.8) is 0 Å².